The molecule has 0 saturated carbocycles. The molecule has 0 aliphatic carbocycles. The molecule has 0 radical (unpaired) electrons. The molecule has 100 valence electrons. The predicted octanol–water partition coefficient (Wildman–Crippen LogP) is 2.27. The number of hydrogen-bond donors (Lipinski definition) is 2. The summed E-state index contributed by atoms with van der Waals surface area (Å²) in [5.41, 5.74) is 0. The molecule has 0 atom stereocenters. The zero-order valence-electron chi connectivity index (χ0n) is 11.4. The molecule has 1 aliphatic rings. The molecule has 2 N–H and O–H groups in total. The van der Waals surface area contributed by atoms with Gasteiger partial charge in [0.1, 0.15) is 11.6 Å². The third-order valence-electron chi connectivity index (χ3n) is 3.70. The van der Waals surface area contributed by atoms with Crippen molar-refractivity contribution in [2.45, 2.75) is 19.3 Å². The van der Waals surface area contributed by atoms with Crippen molar-refractivity contribution in [1.29, 1.82) is 0 Å². The van der Waals surface area contributed by atoms with Crippen molar-refractivity contribution in [3.63, 3.8) is 0 Å². The average Bonchev–Trinajstić information content (AvgIpc) is 2.41. The molecule has 1 aromatic heterocycles. The maximum Gasteiger partial charge on any atom is 0.128 e. The number of piperidine rings is 1. The van der Waals surface area contributed by atoms with Crippen LogP contribution >= 0.6 is 0 Å². The molecule has 1 saturated heterocycles. The van der Waals surface area contributed by atoms with Gasteiger partial charge in [0.25, 0.3) is 0 Å². The van der Waals surface area contributed by atoms with E-state index in [1.165, 1.54) is 32.4 Å². The molecule has 18 heavy (non-hydrogen) atoms. The van der Waals surface area contributed by atoms with Gasteiger partial charge in [0.15, 0.2) is 0 Å². The average molecular weight is 248 g/mol. The maximum absolute atomic E-state index is 4.46. The third-order valence-corrected chi connectivity index (χ3v) is 3.70. The number of likely N-dealkylation sites (tertiary alicyclic amines) is 1. The molecule has 4 nitrogen and oxygen atoms in total. The third kappa shape index (κ3) is 3.88. The number of hydrogen-bond acceptors (Lipinski definition) is 4. The molecule has 0 aromatic carbocycles. The van der Waals surface area contributed by atoms with Gasteiger partial charge < -0.3 is 15.5 Å². The van der Waals surface area contributed by atoms with Crippen LogP contribution in [0, 0.1) is 5.92 Å². The highest BCUT2D eigenvalue weighted by Gasteiger charge is 2.15. The fourth-order valence-corrected chi connectivity index (χ4v) is 2.43. The number of aromatic nitrogens is 1. The number of anilines is 2. The van der Waals surface area contributed by atoms with Gasteiger partial charge in [-0.2, -0.15) is 0 Å². The molecule has 0 amide bonds. The van der Waals surface area contributed by atoms with E-state index in [0.29, 0.717) is 0 Å². The second-order valence-electron chi connectivity index (χ2n) is 5.12. The van der Waals surface area contributed by atoms with Gasteiger partial charge in [-0.05, 0) is 57.5 Å². The Hall–Kier alpha value is -1.29. The van der Waals surface area contributed by atoms with Crippen molar-refractivity contribution in [2.24, 2.45) is 5.92 Å². The van der Waals surface area contributed by atoms with Crippen LogP contribution in [0.3, 0.4) is 0 Å². The van der Waals surface area contributed by atoms with Gasteiger partial charge in [0, 0.05) is 13.6 Å². The van der Waals surface area contributed by atoms with Gasteiger partial charge in [0.05, 0.1) is 0 Å². The number of pyridine rings is 1. The first-order valence-corrected chi connectivity index (χ1v) is 6.85. The fraction of sp³-hybridized carbons (Fsp3) is 0.643. The minimum atomic E-state index is 0.876. The highest BCUT2D eigenvalue weighted by Crippen LogP contribution is 2.19. The fourth-order valence-electron chi connectivity index (χ4n) is 2.43. The van der Waals surface area contributed by atoms with Crippen LogP contribution < -0.4 is 10.6 Å². The van der Waals surface area contributed by atoms with Crippen LogP contribution in [0.25, 0.3) is 0 Å². The van der Waals surface area contributed by atoms with Crippen LogP contribution in [-0.2, 0) is 0 Å². The topological polar surface area (TPSA) is 40.2 Å². The van der Waals surface area contributed by atoms with Gasteiger partial charge in [0.2, 0.25) is 0 Å². The van der Waals surface area contributed by atoms with Crippen molar-refractivity contribution >= 4 is 11.6 Å². The van der Waals surface area contributed by atoms with Crippen LogP contribution in [0.1, 0.15) is 19.3 Å². The molecule has 2 heterocycles. The number of nitrogens with zero attached hydrogens (tertiary/aromatic N) is 2. The SMILES string of the molecule is CNc1cccc(NCCC2CCN(C)CC2)n1. The summed E-state index contributed by atoms with van der Waals surface area (Å²) >= 11 is 0. The largest absolute Gasteiger partial charge is 0.373 e. The summed E-state index contributed by atoms with van der Waals surface area (Å²) in [6.07, 6.45) is 3.92. The second kappa shape index (κ2) is 6.59. The maximum atomic E-state index is 4.46. The predicted molar refractivity (Wildman–Crippen MR) is 77.1 cm³/mol. The van der Waals surface area contributed by atoms with E-state index in [1.54, 1.807) is 0 Å². The molecular weight excluding hydrogens is 224 g/mol. The first kappa shape index (κ1) is 13.1. The van der Waals surface area contributed by atoms with E-state index in [2.05, 4.69) is 27.6 Å². The van der Waals surface area contributed by atoms with E-state index >= 15 is 0 Å². The van der Waals surface area contributed by atoms with Gasteiger partial charge in [-0.25, -0.2) is 4.98 Å². The number of nitrogens with one attached hydrogen (secondary N) is 2. The van der Waals surface area contributed by atoms with E-state index < -0.39 is 0 Å². The lowest BCUT2D eigenvalue weighted by atomic mass is 9.94. The van der Waals surface area contributed by atoms with Crippen molar-refractivity contribution in [3.8, 4) is 0 Å². The number of rotatable bonds is 5. The molecule has 1 aromatic rings. The van der Waals surface area contributed by atoms with Crippen molar-refractivity contribution in [3.05, 3.63) is 18.2 Å². The summed E-state index contributed by atoms with van der Waals surface area (Å²) in [6, 6.07) is 6.02. The summed E-state index contributed by atoms with van der Waals surface area (Å²) in [7, 11) is 4.10. The smallest absolute Gasteiger partial charge is 0.128 e. The van der Waals surface area contributed by atoms with Gasteiger partial charge in [-0.3, -0.25) is 0 Å². The Kier molecular flexibility index (Phi) is 4.81. The monoisotopic (exact) mass is 248 g/mol. The Morgan fingerprint density at radius 3 is 2.72 bits per heavy atom. The summed E-state index contributed by atoms with van der Waals surface area (Å²) in [5.74, 6) is 2.76. The Labute approximate surface area is 110 Å². The zero-order chi connectivity index (χ0) is 12.8. The van der Waals surface area contributed by atoms with E-state index in [0.717, 1.165) is 24.1 Å². The zero-order valence-corrected chi connectivity index (χ0v) is 11.4. The second-order valence-corrected chi connectivity index (χ2v) is 5.12. The molecule has 2 rings (SSSR count). The minimum absolute atomic E-state index is 0.876. The van der Waals surface area contributed by atoms with Crippen LogP contribution in [0.4, 0.5) is 11.6 Å². The first-order chi connectivity index (χ1) is 8.78. The molecule has 1 fully saturated rings. The Morgan fingerprint density at radius 1 is 1.28 bits per heavy atom. The lowest BCUT2D eigenvalue weighted by molar-refractivity contribution is 0.215. The van der Waals surface area contributed by atoms with Crippen LogP contribution in [0.2, 0.25) is 0 Å². The lowest BCUT2D eigenvalue weighted by Crippen LogP contribution is -2.30. The van der Waals surface area contributed by atoms with Crippen molar-refractivity contribution < 1.29 is 0 Å². The van der Waals surface area contributed by atoms with Crippen LogP contribution in [-0.4, -0.2) is 43.6 Å². The molecule has 4 heteroatoms. The molecule has 0 spiro atoms. The van der Waals surface area contributed by atoms with Crippen LogP contribution in [0.15, 0.2) is 18.2 Å². The van der Waals surface area contributed by atoms with E-state index in [1.807, 2.05) is 25.2 Å². The Bertz CT molecular complexity index is 359. The molecule has 0 bridgehead atoms. The van der Waals surface area contributed by atoms with Gasteiger partial charge in [-0.1, -0.05) is 6.07 Å². The molecule has 0 unspecified atom stereocenters. The van der Waals surface area contributed by atoms with E-state index in [9.17, 15) is 0 Å². The normalized spacial score (nSPS) is 17.7. The van der Waals surface area contributed by atoms with E-state index in [4.69, 9.17) is 0 Å². The summed E-state index contributed by atoms with van der Waals surface area (Å²) in [4.78, 5) is 6.87. The molecular formula is C14H24N4. The molecule has 1 aliphatic heterocycles. The van der Waals surface area contributed by atoms with E-state index in [-0.39, 0.29) is 0 Å². The summed E-state index contributed by atoms with van der Waals surface area (Å²) < 4.78 is 0. The lowest BCUT2D eigenvalue weighted by Gasteiger charge is -2.28. The van der Waals surface area contributed by atoms with Crippen LogP contribution in [0.5, 0.6) is 0 Å². The first-order valence-electron chi connectivity index (χ1n) is 6.85. The summed E-state index contributed by atoms with van der Waals surface area (Å²) in [6.45, 7) is 3.52. The standard InChI is InChI=1S/C14H24N4/c1-15-13-4-3-5-14(17-13)16-9-6-12-7-10-18(2)11-8-12/h3-5,12H,6-11H2,1-2H3,(H2,15,16,17). The summed E-state index contributed by atoms with van der Waals surface area (Å²) in [5, 5.41) is 6.47. The highest BCUT2D eigenvalue weighted by molar-refractivity contribution is 5.44. The van der Waals surface area contributed by atoms with Gasteiger partial charge >= 0.3 is 0 Å². The quantitative estimate of drug-likeness (QED) is 0.838. The Morgan fingerprint density at radius 2 is 2.00 bits per heavy atom. The Balaban J connectivity index is 1.71. The van der Waals surface area contributed by atoms with Crippen molar-refractivity contribution in [2.75, 3.05) is 44.4 Å². The van der Waals surface area contributed by atoms with Gasteiger partial charge in [-0.15, -0.1) is 0 Å². The minimum Gasteiger partial charge on any atom is -0.373 e. The van der Waals surface area contributed by atoms with Crippen molar-refractivity contribution in [1.82, 2.24) is 9.88 Å². The highest BCUT2D eigenvalue weighted by atomic mass is 15.1.